The Balaban J connectivity index is 1.42. The van der Waals surface area contributed by atoms with Crippen molar-refractivity contribution < 1.29 is 14.3 Å². The molecule has 6 heteroatoms. The zero-order valence-electron chi connectivity index (χ0n) is 17.7. The van der Waals surface area contributed by atoms with Gasteiger partial charge in [-0.15, -0.1) is 0 Å². The number of carbonyl (C=O) groups is 2. The number of benzene rings is 2. The van der Waals surface area contributed by atoms with Gasteiger partial charge in [0.1, 0.15) is 5.75 Å². The summed E-state index contributed by atoms with van der Waals surface area (Å²) in [5.74, 6) is 0.340. The van der Waals surface area contributed by atoms with Crippen LogP contribution < -0.4 is 14.5 Å². The summed E-state index contributed by atoms with van der Waals surface area (Å²) in [4.78, 5) is 30.9. The summed E-state index contributed by atoms with van der Waals surface area (Å²) >= 11 is 0. The molecule has 0 spiro atoms. The quantitative estimate of drug-likeness (QED) is 0.779. The van der Waals surface area contributed by atoms with Crippen molar-refractivity contribution in [1.29, 1.82) is 0 Å². The normalized spacial score (nSPS) is 18.4. The number of fused-ring (bicyclic) bond motifs is 1. The SMILES string of the molecule is CC(=O)N1CC(C(=O)N(C)Cc2ccc(N3CCCCC3)cc2)Oc2ccccc21. The lowest BCUT2D eigenvalue weighted by molar-refractivity contribution is -0.138. The van der Waals surface area contributed by atoms with E-state index < -0.39 is 6.10 Å². The van der Waals surface area contributed by atoms with Crippen molar-refractivity contribution in [1.82, 2.24) is 4.90 Å². The van der Waals surface area contributed by atoms with Crippen LogP contribution in [0.25, 0.3) is 0 Å². The molecule has 0 aliphatic carbocycles. The minimum Gasteiger partial charge on any atom is -0.476 e. The Morgan fingerprint density at radius 2 is 1.73 bits per heavy atom. The van der Waals surface area contributed by atoms with Crippen LogP contribution in [0.15, 0.2) is 48.5 Å². The zero-order valence-corrected chi connectivity index (χ0v) is 17.7. The molecule has 0 N–H and O–H groups in total. The van der Waals surface area contributed by atoms with E-state index in [1.165, 1.54) is 31.9 Å². The molecule has 1 atom stereocenters. The first kappa shape index (κ1) is 20.3. The summed E-state index contributed by atoms with van der Waals surface area (Å²) in [7, 11) is 1.78. The molecule has 2 heterocycles. The van der Waals surface area contributed by atoms with Crippen LogP contribution in [0.5, 0.6) is 5.75 Å². The average Bonchev–Trinajstić information content (AvgIpc) is 2.78. The van der Waals surface area contributed by atoms with Crippen LogP contribution in [0.4, 0.5) is 11.4 Å². The first-order chi connectivity index (χ1) is 14.5. The molecule has 0 bridgehead atoms. The van der Waals surface area contributed by atoms with Crippen molar-refractivity contribution in [2.75, 3.05) is 36.5 Å². The second kappa shape index (κ2) is 8.78. The van der Waals surface area contributed by atoms with E-state index in [1.807, 2.05) is 18.2 Å². The van der Waals surface area contributed by atoms with Gasteiger partial charge in [0, 0.05) is 39.3 Å². The van der Waals surface area contributed by atoms with E-state index in [0.717, 1.165) is 18.7 Å². The van der Waals surface area contributed by atoms with Gasteiger partial charge in [0.2, 0.25) is 5.91 Å². The average molecular weight is 408 g/mol. The molecule has 2 aliphatic rings. The number of hydrogen-bond donors (Lipinski definition) is 0. The van der Waals surface area contributed by atoms with E-state index >= 15 is 0 Å². The van der Waals surface area contributed by atoms with Crippen molar-refractivity contribution in [2.45, 2.75) is 38.8 Å². The number of likely N-dealkylation sites (N-methyl/N-ethyl adjacent to an activating group) is 1. The smallest absolute Gasteiger partial charge is 0.265 e. The molecule has 1 saturated heterocycles. The zero-order chi connectivity index (χ0) is 21.1. The predicted molar refractivity (Wildman–Crippen MR) is 118 cm³/mol. The molecule has 158 valence electrons. The second-order valence-electron chi connectivity index (χ2n) is 8.11. The maximum absolute atomic E-state index is 13.0. The molecule has 0 aromatic heterocycles. The van der Waals surface area contributed by atoms with Crippen LogP contribution in [0, 0.1) is 0 Å². The molecule has 4 rings (SSSR count). The third-order valence-electron chi connectivity index (χ3n) is 5.88. The van der Waals surface area contributed by atoms with Gasteiger partial charge in [0.05, 0.1) is 12.2 Å². The summed E-state index contributed by atoms with van der Waals surface area (Å²) in [6, 6.07) is 15.8. The Morgan fingerprint density at radius 3 is 2.43 bits per heavy atom. The first-order valence-corrected chi connectivity index (χ1v) is 10.7. The lowest BCUT2D eigenvalue weighted by Crippen LogP contribution is -2.50. The molecule has 0 saturated carbocycles. The fourth-order valence-corrected chi connectivity index (χ4v) is 4.22. The Bertz CT molecular complexity index is 906. The van der Waals surface area contributed by atoms with Gasteiger partial charge in [-0.25, -0.2) is 0 Å². The minimum absolute atomic E-state index is 0.0977. The molecule has 6 nitrogen and oxygen atoms in total. The van der Waals surface area contributed by atoms with Crippen LogP contribution >= 0.6 is 0 Å². The molecule has 2 aromatic carbocycles. The van der Waals surface area contributed by atoms with Crippen molar-refractivity contribution in [3.8, 4) is 5.75 Å². The maximum Gasteiger partial charge on any atom is 0.265 e. The molecule has 1 unspecified atom stereocenters. The van der Waals surface area contributed by atoms with Crippen molar-refractivity contribution in [3.63, 3.8) is 0 Å². The predicted octanol–water partition coefficient (Wildman–Crippen LogP) is 3.45. The van der Waals surface area contributed by atoms with Gasteiger partial charge in [-0.1, -0.05) is 24.3 Å². The Kier molecular flexibility index (Phi) is 5.93. The first-order valence-electron chi connectivity index (χ1n) is 10.7. The fraction of sp³-hybridized carbons (Fsp3) is 0.417. The third kappa shape index (κ3) is 4.27. The van der Waals surface area contributed by atoms with Crippen LogP contribution in [0.2, 0.25) is 0 Å². The van der Waals surface area contributed by atoms with Gasteiger partial charge in [-0.3, -0.25) is 9.59 Å². The number of ether oxygens (including phenoxy) is 1. The molecular weight excluding hydrogens is 378 g/mol. The number of amides is 2. The van der Waals surface area contributed by atoms with Gasteiger partial charge >= 0.3 is 0 Å². The summed E-state index contributed by atoms with van der Waals surface area (Å²) in [6.45, 7) is 4.47. The molecule has 2 aromatic rings. The lowest BCUT2D eigenvalue weighted by Gasteiger charge is -2.35. The van der Waals surface area contributed by atoms with E-state index in [2.05, 4.69) is 29.2 Å². The highest BCUT2D eigenvalue weighted by atomic mass is 16.5. The topological polar surface area (TPSA) is 53.1 Å². The molecular formula is C24H29N3O3. The Labute approximate surface area is 178 Å². The summed E-state index contributed by atoms with van der Waals surface area (Å²) < 4.78 is 5.94. The maximum atomic E-state index is 13.0. The third-order valence-corrected chi connectivity index (χ3v) is 5.88. The monoisotopic (exact) mass is 407 g/mol. The van der Waals surface area contributed by atoms with E-state index in [-0.39, 0.29) is 18.4 Å². The molecule has 30 heavy (non-hydrogen) atoms. The van der Waals surface area contributed by atoms with E-state index in [1.54, 1.807) is 22.9 Å². The van der Waals surface area contributed by atoms with E-state index in [9.17, 15) is 9.59 Å². The molecule has 1 fully saturated rings. The van der Waals surface area contributed by atoms with Gasteiger partial charge in [-0.2, -0.15) is 0 Å². The standard InChI is InChI=1S/C24H29N3O3/c1-18(28)27-17-23(30-22-9-5-4-8-21(22)27)24(29)25(2)16-19-10-12-20(13-11-19)26-14-6-3-7-15-26/h4-5,8-13,23H,3,6-7,14-17H2,1-2H3. The number of para-hydroxylation sites is 2. The molecule has 2 amide bonds. The van der Waals surface area contributed by atoms with Gasteiger partial charge in [0.15, 0.2) is 6.10 Å². The van der Waals surface area contributed by atoms with Crippen LogP contribution in [-0.4, -0.2) is 49.5 Å². The lowest BCUT2D eigenvalue weighted by atomic mass is 10.1. The van der Waals surface area contributed by atoms with E-state index in [4.69, 9.17) is 4.74 Å². The fourth-order valence-electron chi connectivity index (χ4n) is 4.22. The highest BCUT2D eigenvalue weighted by Gasteiger charge is 2.34. The Morgan fingerprint density at radius 1 is 1.03 bits per heavy atom. The second-order valence-corrected chi connectivity index (χ2v) is 8.11. The number of carbonyl (C=O) groups excluding carboxylic acids is 2. The van der Waals surface area contributed by atoms with Crippen LogP contribution in [-0.2, 0) is 16.1 Å². The van der Waals surface area contributed by atoms with Crippen molar-refractivity contribution >= 4 is 23.2 Å². The van der Waals surface area contributed by atoms with Gasteiger partial charge in [-0.05, 0) is 49.1 Å². The van der Waals surface area contributed by atoms with Gasteiger partial charge in [0.25, 0.3) is 5.91 Å². The van der Waals surface area contributed by atoms with E-state index in [0.29, 0.717) is 18.0 Å². The van der Waals surface area contributed by atoms with Crippen LogP contribution in [0.1, 0.15) is 31.7 Å². The summed E-state index contributed by atoms with van der Waals surface area (Å²) in [5, 5.41) is 0. The highest BCUT2D eigenvalue weighted by Crippen LogP contribution is 2.33. The summed E-state index contributed by atoms with van der Waals surface area (Å²) in [5.41, 5.74) is 3.04. The number of hydrogen-bond acceptors (Lipinski definition) is 4. The van der Waals surface area contributed by atoms with Crippen molar-refractivity contribution in [2.24, 2.45) is 0 Å². The number of piperidine rings is 1. The minimum atomic E-state index is -0.707. The van der Waals surface area contributed by atoms with Crippen LogP contribution in [0.3, 0.4) is 0 Å². The molecule has 2 aliphatic heterocycles. The highest BCUT2D eigenvalue weighted by molar-refractivity contribution is 5.95. The van der Waals surface area contributed by atoms with Crippen molar-refractivity contribution in [3.05, 3.63) is 54.1 Å². The number of anilines is 2. The number of nitrogens with zero attached hydrogens (tertiary/aromatic N) is 3. The summed E-state index contributed by atoms with van der Waals surface area (Å²) in [6.07, 6.45) is 3.11. The van der Waals surface area contributed by atoms with Gasteiger partial charge < -0.3 is 19.4 Å². The largest absolute Gasteiger partial charge is 0.476 e. The Hall–Kier alpha value is -3.02. The molecule has 0 radical (unpaired) electrons. The number of rotatable bonds is 4.